The van der Waals surface area contributed by atoms with Crippen molar-refractivity contribution >= 4 is 23.6 Å². The van der Waals surface area contributed by atoms with Gasteiger partial charge in [0.05, 0.1) is 17.9 Å². The molecule has 0 aromatic heterocycles. The van der Waals surface area contributed by atoms with Crippen molar-refractivity contribution in [3.05, 3.63) is 29.8 Å². The molecule has 4 nitrogen and oxygen atoms in total. The van der Waals surface area contributed by atoms with Gasteiger partial charge < -0.3 is 9.64 Å². The fourth-order valence-corrected chi connectivity index (χ4v) is 2.98. The molecule has 1 aromatic carbocycles. The third-order valence-corrected chi connectivity index (χ3v) is 4.41. The quantitative estimate of drug-likeness (QED) is 0.552. The van der Waals surface area contributed by atoms with E-state index in [4.69, 9.17) is 4.74 Å². The Morgan fingerprint density at radius 2 is 2.04 bits per heavy atom. The number of alkyl halides is 3. The highest BCUT2D eigenvalue weighted by molar-refractivity contribution is 8.00. The maximum absolute atomic E-state index is 12.7. The van der Waals surface area contributed by atoms with Gasteiger partial charge in [-0.1, -0.05) is 6.07 Å². The number of halogens is 3. The molecule has 0 bridgehead atoms. The number of esters is 1. The number of thioether (sulfide) groups is 1. The van der Waals surface area contributed by atoms with Gasteiger partial charge in [-0.3, -0.25) is 9.59 Å². The molecular formula is C16H18F3NO3S. The Morgan fingerprint density at radius 3 is 2.62 bits per heavy atom. The molecule has 1 aliphatic rings. The van der Waals surface area contributed by atoms with Crippen LogP contribution in [0.3, 0.4) is 0 Å². The second kappa shape index (κ2) is 7.92. The van der Waals surface area contributed by atoms with Gasteiger partial charge in [0.25, 0.3) is 0 Å². The molecule has 0 saturated heterocycles. The van der Waals surface area contributed by atoms with Crippen molar-refractivity contribution in [2.45, 2.75) is 36.9 Å². The summed E-state index contributed by atoms with van der Waals surface area (Å²) in [5.74, 6) is -0.758. The maximum atomic E-state index is 12.7. The van der Waals surface area contributed by atoms with Crippen molar-refractivity contribution in [3.63, 3.8) is 0 Å². The molecule has 1 aliphatic carbocycles. The Kier molecular flexibility index (Phi) is 6.15. The van der Waals surface area contributed by atoms with E-state index >= 15 is 0 Å². The second-order valence-electron chi connectivity index (χ2n) is 5.37. The maximum Gasteiger partial charge on any atom is 0.416 e. The third-order valence-electron chi connectivity index (χ3n) is 3.44. The van der Waals surface area contributed by atoms with Crippen LogP contribution < -0.4 is 0 Å². The third kappa shape index (κ3) is 5.43. The highest BCUT2D eigenvalue weighted by Gasteiger charge is 2.34. The van der Waals surface area contributed by atoms with Crippen molar-refractivity contribution in [2.75, 3.05) is 18.9 Å². The van der Waals surface area contributed by atoms with E-state index in [9.17, 15) is 22.8 Å². The van der Waals surface area contributed by atoms with Crippen molar-refractivity contribution in [3.8, 4) is 0 Å². The largest absolute Gasteiger partial charge is 0.465 e. The van der Waals surface area contributed by atoms with Gasteiger partial charge in [0.1, 0.15) is 6.54 Å². The predicted octanol–water partition coefficient (Wildman–Crippen LogP) is 3.35. The Balaban J connectivity index is 1.94. The van der Waals surface area contributed by atoms with Crippen LogP contribution >= 0.6 is 11.8 Å². The van der Waals surface area contributed by atoms with Gasteiger partial charge in [0.2, 0.25) is 5.91 Å². The first-order valence-electron chi connectivity index (χ1n) is 7.56. The number of nitrogens with zero attached hydrogens (tertiary/aromatic N) is 1. The van der Waals surface area contributed by atoms with E-state index in [-0.39, 0.29) is 30.9 Å². The first kappa shape index (κ1) is 18.6. The average molecular weight is 361 g/mol. The lowest BCUT2D eigenvalue weighted by Crippen LogP contribution is -2.39. The predicted molar refractivity (Wildman–Crippen MR) is 83.5 cm³/mol. The van der Waals surface area contributed by atoms with E-state index in [0.717, 1.165) is 36.7 Å². The summed E-state index contributed by atoms with van der Waals surface area (Å²) in [6, 6.07) is 4.88. The van der Waals surface area contributed by atoms with Crippen LogP contribution in [0.15, 0.2) is 29.2 Å². The van der Waals surface area contributed by atoms with Crippen molar-refractivity contribution in [1.82, 2.24) is 4.90 Å². The lowest BCUT2D eigenvalue weighted by atomic mass is 10.2. The number of benzene rings is 1. The number of ether oxygens (including phenoxy) is 1. The molecule has 0 N–H and O–H groups in total. The van der Waals surface area contributed by atoms with Crippen molar-refractivity contribution in [2.24, 2.45) is 0 Å². The van der Waals surface area contributed by atoms with Crippen LogP contribution in [0.25, 0.3) is 0 Å². The Morgan fingerprint density at radius 1 is 1.33 bits per heavy atom. The van der Waals surface area contributed by atoms with Crippen molar-refractivity contribution < 1.29 is 27.5 Å². The standard InChI is InChI=1S/C16H18F3NO3S/c1-2-23-15(22)9-20(12-6-7-12)14(21)10-24-13-5-3-4-11(8-13)16(17,18)19/h3-5,8,12H,2,6-7,9-10H2,1H3. The van der Waals surface area contributed by atoms with Crippen molar-refractivity contribution in [1.29, 1.82) is 0 Å². The fraction of sp³-hybridized carbons (Fsp3) is 0.500. The molecule has 132 valence electrons. The zero-order valence-electron chi connectivity index (χ0n) is 13.1. The first-order chi connectivity index (χ1) is 11.3. The van der Waals surface area contributed by atoms with Gasteiger partial charge >= 0.3 is 12.1 Å². The average Bonchev–Trinajstić information content (AvgIpc) is 3.35. The molecule has 8 heteroatoms. The molecule has 1 saturated carbocycles. The van der Waals surface area contributed by atoms with Crippen LogP contribution in [0.5, 0.6) is 0 Å². The SMILES string of the molecule is CCOC(=O)CN(C(=O)CSc1cccc(C(F)(F)F)c1)C1CC1. The zero-order valence-corrected chi connectivity index (χ0v) is 14.0. The van der Waals surface area contributed by atoms with Gasteiger partial charge in [-0.15, -0.1) is 11.8 Å². The number of carbonyl (C=O) groups excluding carboxylic acids is 2. The lowest BCUT2D eigenvalue weighted by molar-refractivity contribution is -0.148. The molecule has 0 atom stereocenters. The molecule has 0 unspecified atom stereocenters. The minimum absolute atomic E-state index is 0.0167. The summed E-state index contributed by atoms with van der Waals surface area (Å²) < 4.78 is 42.9. The van der Waals surface area contributed by atoms with E-state index in [0.29, 0.717) is 4.90 Å². The van der Waals surface area contributed by atoms with E-state index in [2.05, 4.69) is 0 Å². The van der Waals surface area contributed by atoms with Crippen LogP contribution in [0.4, 0.5) is 13.2 Å². The Bertz CT molecular complexity index is 602. The smallest absolute Gasteiger partial charge is 0.416 e. The summed E-state index contributed by atoms with van der Waals surface area (Å²) >= 11 is 1.03. The fourth-order valence-electron chi connectivity index (χ4n) is 2.14. The second-order valence-corrected chi connectivity index (χ2v) is 6.42. The summed E-state index contributed by atoms with van der Waals surface area (Å²) in [5, 5.41) is 0. The van der Waals surface area contributed by atoms with Gasteiger partial charge in [0, 0.05) is 10.9 Å². The van der Waals surface area contributed by atoms with Crippen LogP contribution in [0, 0.1) is 0 Å². The molecule has 2 rings (SSSR count). The minimum Gasteiger partial charge on any atom is -0.465 e. The molecule has 24 heavy (non-hydrogen) atoms. The van der Waals surface area contributed by atoms with Crippen LogP contribution in [-0.4, -0.2) is 41.7 Å². The highest BCUT2D eigenvalue weighted by Crippen LogP contribution is 2.32. The molecule has 1 amide bonds. The Labute approximate surface area is 142 Å². The topological polar surface area (TPSA) is 46.6 Å². The number of rotatable bonds is 7. The molecule has 1 aromatic rings. The monoisotopic (exact) mass is 361 g/mol. The number of amides is 1. The van der Waals surface area contributed by atoms with E-state index in [1.165, 1.54) is 17.0 Å². The summed E-state index contributed by atoms with van der Waals surface area (Å²) in [7, 11) is 0. The molecule has 1 fully saturated rings. The number of carbonyl (C=O) groups is 2. The van der Waals surface area contributed by atoms with E-state index in [1.54, 1.807) is 6.92 Å². The molecule has 0 heterocycles. The van der Waals surface area contributed by atoms with Crippen LogP contribution in [-0.2, 0) is 20.5 Å². The number of hydrogen-bond acceptors (Lipinski definition) is 4. The number of hydrogen-bond donors (Lipinski definition) is 0. The Hall–Kier alpha value is -1.70. The summed E-state index contributed by atoms with van der Waals surface area (Å²) in [6.45, 7) is 1.82. The normalized spacial score (nSPS) is 14.3. The molecular weight excluding hydrogens is 343 g/mol. The van der Waals surface area contributed by atoms with Gasteiger partial charge in [-0.05, 0) is 38.0 Å². The highest BCUT2D eigenvalue weighted by atomic mass is 32.2. The summed E-state index contributed by atoms with van der Waals surface area (Å²) in [4.78, 5) is 25.7. The van der Waals surface area contributed by atoms with Gasteiger partial charge in [-0.25, -0.2) is 0 Å². The lowest BCUT2D eigenvalue weighted by Gasteiger charge is -2.21. The van der Waals surface area contributed by atoms with E-state index in [1.807, 2.05) is 0 Å². The summed E-state index contributed by atoms with van der Waals surface area (Å²) in [5.41, 5.74) is -0.745. The van der Waals surface area contributed by atoms with E-state index < -0.39 is 17.7 Å². The minimum atomic E-state index is -4.41. The first-order valence-corrected chi connectivity index (χ1v) is 8.55. The van der Waals surface area contributed by atoms with Gasteiger partial charge in [0.15, 0.2) is 0 Å². The molecule has 0 aliphatic heterocycles. The molecule has 0 radical (unpaired) electrons. The van der Waals surface area contributed by atoms with Crippen LogP contribution in [0.1, 0.15) is 25.3 Å². The van der Waals surface area contributed by atoms with Gasteiger partial charge in [-0.2, -0.15) is 13.2 Å². The zero-order chi connectivity index (χ0) is 17.7. The molecule has 0 spiro atoms. The summed E-state index contributed by atoms with van der Waals surface area (Å²) in [6.07, 6.45) is -2.75. The van der Waals surface area contributed by atoms with Crippen LogP contribution in [0.2, 0.25) is 0 Å².